The van der Waals surface area contributed by atoms with E-state index >= 15 is 0 Å². The van der Waals surface area contributed by atoms with Gasteiger partial charge in [0.25, 0.3) is 11.8 Å². The number of nitrogens with one attached hydrogen (secondary N) is 2. The summed E-state index contributed by atoms with van der Waals surface area (Å²) in [5.41, 5.74) is 0.283. The number of carbonyl (C=O) groups excluding carboxylic acids is 3. The van der Waals surface area contributed by atoms with Crippen molar-refractivity contribution in [3.8, 4) is 0 Å². The maximum Gasteiger partial charge on any atom is 0.328 e. The number of para-hydroxylation sites is 1. The monoisotopic (exact) mass is 310 g/mol. The Morgan fingerprint density at radius 2 is 1.65 bits per heavy atom. The standard InChI is InChI=1S/C16H10N2O5/c19-13-9(8-23-12-7-2-1-5-10(12)13)4-3-6-11-14(20)17-16(22)18-15(11)21/h1-8H,(H2,17,18,20,21,22). The lowest BCUT2D eigenvalue weighted by Gasteiger charge is -2.12. The fourth-order valence-corrected chi connectivity index (χ4v) is 2.08. The van der Waals surface area contributed by atoms with Crippen molar-refractivity contribution < 1.29 is 18.8 Å². The molecule has 23 heavy (non-hydrogen) atoms. The fourth-order valence-electron chi connectivity index (χ4n) is 2.08. The minimum absolute atomic E-state index is 0.228. The highest BCUT2D eigenvalue weighted by Gasteiger charge is 2.26. The summed E-state index contributed by atoms with van der Waals surface area (Å²) in [6.07, 6.45) is 5.30. The van der Waals surface area contributed by atoms with Crippen molar-refractivity contribution in [1.82, 2.24) is 10.6 Å². The summed E-state index contributed by atoms with van der Waals surface area (Å²) in [5, 5.41) is 4.34. The number of fused-ring (bicyclic) bond motifs is 1. The van der Waals surface area contributed by atoms with Crippen molar-refractivity contribution in [2.45, 2.75) is 0 Å². The molecule has 3 rings (SSSR count). The molecule has 1 aliphatic rings. The number of urea groups is 1. The molecule has 7 nitrogen and oxygen atoms in total. The molecule has 2 aromatic rings. The van der Waals surface area contributed by atoms with Gasteiger partial charge < -0.3 is 4.42 Å². The van der Waals surface area contributed by atoms with Crippen LogP contribution >= 0.6 is 0 Å². The van der Waals surface area contributed by atoms with E-state index in [0.29, 0.717) is 11.0 Å². The quantitative estimate of drug-likeness (QED) is 0.638. The molecule has 114 valence electrons. The lowest BCUT2D eigenvalue weighted by molar-refractivity contribution is -0.124. The predicted molar refractivity (Wildman–Crippen MR) is 81.3 cm³/mol. The molecule has 0 spiro atoms. The third-order valence-corrected chi connectivity index (χ3v) is 3.19. The topological polar surface area (TPSA) is 105 Å². The summed E-state index contributed by atoms with van der Waals surface area (Å²) in [7, 11) is 0. The molecule has 0 saturated carbocycles. The number of amides is 4. The first-order chi connectivity index (χ1) is 11.1. The van der Waals surface area contributed by atoms with E-state index in [9.17, 15) is 19.2 Å². The second kappa shape index (κ2) is 5.72. The second-order valence-corrected chi connectivity index (χ2v) is 4.69. The highest BCUT2D eigenvalue weighted by atomic mass is 16.3. The van der Waals surface area contributed by atoms with Gasteiger partial charge in [-0.2, -0.15) is 0 Å². The molecule has 0 unspecified atom stereocenters. The van der Waals surface area contributed by atoms with Crippen molar-refractivity contribution >= 4 is 34.9 Å². The van der Waals surface area contributed by atoms with Gasteiger partial charge in [0.2, 0.25) is 0 Å². The fraction of sp³-hybridized carbons (Fsp3) is 0. The van der Waals surface area contributed by atoms with Crippen LogP contribution in [-0.4, -0.2) is 17.8 Å². The Hall–Kier alpha value is -3.48. The largest absolute Gasteiger partial charge is 0.463 e. The van der Waals surface area contributed by atoms with Gasteiger partial charge in [0.1, 0.15) is 17.4 Å². The minimum atomic E-state index is -0.865. The third kappa shape index (κ3) is 2.80. The van der Waals surface area contributed by atoms with E-state index in [2.05, 4.69) is 0 Å². The number of imide groups is 2. The molecule has 4 amide bonds. The summed E-state index contributed by atoms with van der Waals surface area (Å²) >= 11 is 0. The van der Waals surface area contributed by atoms with Crippen molar-refractivity contribution in [2.24, 2.45) is 0 Å². The average Bonchev–Trinajstić information content (AvgIpc) is 2.52. The average molecular weight is 310 g/mol. The van der Waals surface area contributed by atoms with Gasteiger partial charge in [-0.3, -0.25) is 25.0 Å². The molecule has 1 saturated heterocycles. The van der Waals surface area contributed by atoms with E-state index in [-0.39, 0.29) is 16.6 Å². The zero-order chi connectivity index (χ0) is 16.4. The molecular weight excluding hydrogens is 300 g/mol. The Labute approximate surface area is 129 Å². The normalized spacial score (nSPS) is 15.0. The number of allylic oxidation sites excluding steroid dienone is 2. The molecule has 2 heterocycles. The van der Waals surface area contributed by atoms with Gasteiger partial charge in [0.05, 0.1) is 10.9 Å². The zero-order valence-corrected chi connectivity index (χ0v) is 11.7. The maximum atomic E-state index is 12.2. The van der Waals surface area contributed by atoms with Crippen molar-refractivity contribution in [3.63, 3.8) is 0 Å². The van der Waals surface area contributed by atoms with Gasteiger partial charge in [-0.15, -0.1) is 0 Å². The first-order valence-corrected chi connectivity index (χ1v) is 6.62. The molecule has 1 aliphatic heterocycles. The first-order valence-electron chi connectivity index (χ1n) is 6.62. The van der Waals surface area contributed by atoms with Crippen LogP contribution in [0.3, 0.4) is 0 Å². The van der Waals surface area contributed by atoms with E-state index in [4.69, 9.17) is 4.42 Å². The molecule has 2 N–H and O–H groups in total. The third-order valence-electron chi connectivity index (χ3n) is 3.19. The Morgan fingerprint density at radius 3 is 2.39 bits per heavy atom. The van der Waals surface area contributed by atoms with Crippen LogP contribution in [-0.2, 0) is 9.59 Å². The van der Waals surface area contributed by atoms with Gasteiger partial charge in [-0.05, 0) is 24.3 Å². The minimum Gasteiger partial charge on any atom is -0.463 e. The highest BCUT2D eigenvalue weighted by molar-refractivity contribution is 6.29. The molecule has 7 heteroatoms. The summed E-state index contributed by atoms with van der Waals surface area (Å²) in [6, 6.07) is 5.94. The SMILES string of the molecule is O=C1NC(=O)C(=CC=Cc2coc3ccccc3c2=O)C(=O)N1. The molecule has 1 fully saturated rings. The van der Waals surface area contributed by atoms with Crippen molar-refractivity contribution in [1.29, 1.82) is 0 Å². The van der Waals surface area contributed by atoms with Crippen LogP contribution in [0, 0.1) is 0 Å². The number of hydrogen-bond acceptors (Lipinski definition) is 5. The number of rotatable bonds is 2. The van der Waals surface area contributed by atoms with Crippen LogP contribution in [0.2, 0.25) is 0 Å². The Bertz CT molecular complexity index is 930. The first kappa shape index (κ1) is 14.5. The number of carbonyl (C=O) groups is 3. The molecule has 1 aromatic carbocycles. The van der Waals surface area contributed by atoms with E-state index in [0.717, 1.165) is 0 Å². The van der Waals surface area contributed by atoms with Crippen LogP contribution in [0.4, 0.5) is 4.79 Å². The lowest BCUT2D eigenvalue weighted by atomic mass is 10.1. The Kier molecular flexibility index (Phi) is 3.60. The van der Waals surface area contributed by atoms with E-state index in [1.165, 1.54) is 24.5 Å². The maximum absolute atomic E-state index is 12.2. The lowest BCUT2D eigenvalue weighted by Crippen LogP contribution is -2.51. The molecule has 0 radical (unpaired) electrons. The van der Waals surface area contributed by atoms with Gasteiger partial charge in [0, 0.05) is 0 Å². The molecule has 1 aromatic heterocycles. The predicted octanol–water partition coefficient (Wildman–Crippen LogP) is 1.10. The van der Waals surface area contributed by atoms with Crippen molar-refractivity contribution in [2.75, 3.05) is 0 Å². The second-order valence-electron chi connectivity index (χ2n) is 4.69. The van der Waals surface area contributed by atoms with Gasteiger partial charge in [-0.25, -0.2) is 4.79 Å². The molecular formula is C16H10N2O5. The van der Waals surface area contributed by atoms with Crippen LogP contribution in [0.15, 0.2) is 57.5 Å². The van der Waals surface area contributed by atoms with Gasteiger partial charge in [0.15, 0.2) is 5.43 Å². The van der Waals surface area contributed by atoms with E-state index < -0.39 is 17.8 Å². The summed E-state index contributed by atoms with van der Waals surface area (Å²) < 4.78 is 5.35. The Morgan fingerprint density at radius 1 is 0.957 bits per heavy atom. The summed E-state index contributed by atoms with van der Waals surface area (Å²) in [4.78, 5) is 46.2. The highest BCUT2D eigenvalue weighted by Crippen LogP contribution is 2.11. The molecule has 0 aliphatic carbocycles. The molecule has 0 atom stereocenters. The Balaban J connectivity index is 1.92. The van der Waals surface area contributed by atoms with Crippen LogP contribution in [0.1, 0.15) is 5.56 Å². The number of hydrogen-bond donors (Lipinski definition) is 2. The van der Waals surface area contributed by atoms with Gasteiger partial charge in [-0.1, -0.05) is 18.2 Å². The van der Waals surface area contributed by atoms with E-state index in [1.54, 1.807) is 24.3 Å². The smallest absolute Gasteiger partial charge is 0.328 e. The number of benzene rings is 1. The van der Waals surface area contributed by atoms with E-state index in [1.807, 2.05) is 10.6 Å². The van der Waals surface area contributed by atoms with Crippen LogP contribution in [0.25, 0.3) is 17.0 Å². The summed E-state index contributed by atoms with van der Waals surface area (Å²) in [5.74, 6) is -1.59. The number of barbiturate groups is 1. The van der Waals surface area contributed by atoms with Gasteiger partial charge >= 0.3 is 6.03 Å². The van der Waals surface area contributed by atoms with Crippen molar-refractivity contribution in [3.05, 3.63) is 64.0 Å². The van der Waals surface area contributed by atoms with Crippen LogP contribution in [0.5, 0.6) is 0 Å². The van der Waals surface area contributed by atoms with Crippen LogP contribution < -0.4 is 16.1 Å². The molecule has 0 bridgehead atoms. The summed E-state index contributed by atoms with van der Waals surface area (Å²) in [6.45, 7) is 0. The zero-order valence-electron chi connectivity index (χ0n) is 11.7.